The first-order valence-corrected chi connectivity index (χ1v) is 6.83. The molecule has 6 heteroatoms. The van der Waals surface area contributed by atoms with Crippen molar-refractivity contribution >= 4 is 23.4 Å². The second kappa shape index (κ2) is 5.26. The van der Waals surface area contributed by atoms with E-state index in [0.717, 1.165) is 12.8 Å². The Morgan fingerprint density at radius 1 is 1.19 bits per heavy atom. The highest BCUT2D eigenvalue weighted by Crippen LogP contribution is 2.35. The lowest BCUT2D eigenvalue weighted by Crippen LogP contribution is -2.03. The van der Waals surface area contributed by atoms with Gasteiger partial charge < -0.3 is 5.11 Å². The summed E-state index contributed by atoms with van der Waals surface area (Å²) < 4.78 is 0. The molecular weight excluding hydrogens is 292 g/mol. The van der Waals surface area contributed by atoms with Crippen LogP contribution in [0.3, 0.4) is 0 Å². The normalized spacial score (nSPS) is 14.0. The maximum atomic E-state index is 12.0. The molecule has 3 rings (SSSR count). The number of aromatic nitrogens is 2. The number of carbonyl (C=O) groups is 2. The molecule has 1 aliphatic carbocycles. The van der Waals surface area contributed by atoms with E-state index in [1.54, 1.807) is 18.2 Å². The van der Waals surface area contributed by atoms with Gasteiger partial charge in [0.2, 0.25) is 0 Å². The molecule has 1 heterocycles. The number of carbonyl (C=O) groups excluding carboxylic acids is 1. The van der Waals surface area contributed by atoms with E-state index in [4.69, 9.17) is 16.7 Å². The smallest absolute Gasteiger partial charge is 0.354 e. The van der Waals surface area contributed by atoms with Gasteiger partial charge in [-0.05, 0) is 31.0 Å². The predicted molar refractivity (Wildman–Crippen MR) is 76.5 cm³/mol. The molecule has 1 aromatic heterocycles. The average molecular weight is 303 g/mol. The van der Waals surface area contributed by atoms with Gasteiger partial charge in [-0.15, -0.1) is 0 Å². The fourth-order valence-corrected chi connectivity index (χ4v) is 2.35. The summed E-state index contributed by atoms with van der Waals surface area (Å²) in [4.78, 5) is 30.7. The van der Waals surface area contributed by atoms with Gasteiger partial charge >= 0.3 is 5.97 Å². The molecule has 1 fully saturated rings. The number of carboxylic acids is 1. The van der Waals surface area contributed by atoms with Crippen LogP contribution in [0, 0.1) is 5.92 Å². The third-order valence-corrected chi connectivity index (χ3v) is 3.68. The first kappa shape index (κ1) is 13.7. The Labute approximate surface area is 125 Å². The zero-order chi connectivity index (χ0) is 15.0. The third kappa shape index (κ3) is 2.78. The van der Waals surface area contributed by atoms with E-state index < -0.39 is 5.97 Å². The summed E-state index contributed by atoms with van der Waals surface area (Å²) in [6.45, 7) is 0. The van der Waals surface area contributed by atoms with Crippen LogP contribution in [0.2, 0.25) is 5.02 Å². The van der Waals surface area contributed by atoms with Gasteiger partial charge in [0.1, 0.15) is 6.33 Å². The van der Waals surface area contributed by atoms with Gasteiger partial charge in [0.15, 0.2) is 11.5 Å². The quantitative estimate of drug-likeness (QED) is 0.878. The fourth-order valence-electron chi connectivity index (χ4n) is 2.07. The number of carboxylic acid groups (broad SMARTS) is 1. The predicted octanol–water partition coefficient (Wildman–Crippen LogP) is 3.09. The maximum absolute atomic E-state index is 12.0. The summed E-state index contributed by atoms with van der Waals surface area (Å²) in [5, 5.41) is 9.30. The van der Waals surface area contributed by atoms with Gasteiger partial charge in [0, 0.05) is 17.0 Å². The van der Waals surface area contributed by atoms with Crippen LogP contribution in [0.25, 0.3) is 11.3 Å². The van der Waals surface area contributed by atoms with Crippen LogP contribution in [0.4, 0.5) is 0 Å². The number of ketones is 1. The lowest BCUT2D eigenvalue weighted by atomic mass is 10.0. The highest BCUT2D eigenvalue weighted by Gasteiger charge is 2.31. The van der Waals surface area contributed by atoms with E-state index in [-0.39, 0.29) is 17.4 Å². The fraction of sp³-hybridized carbons (Fsp3) is 0.200. The molecule has 21 heavy (non-hydrogen) atoms. The Balaban J connectivity index is 1.96. The first-order chi connectivity index (χ1) is 10.1. The number of hydrogen-bond donors (Lipinski definition) is 1. The first-order valence-electron chi connectivity index (χ1n) is 6.46. The summed E-state index contributed by atoms with van der Waals surface area (Å²) in [6, 6.07) is 6.39. The zero-order valence-corrected chi connectivity index (χ0v) is 11.7. The highest BCUT2D eigenvalue weighted by atomic mass is 35.5. The minimum absolute atomic E-state index is 0.0699. The molecule has 106 valence electrons. The van der Waals surface area contributed by atoms with Crippen molar-refractivity contribution in [2.24, 2.45) is 5.92 Å². The average Bonchev–Trinajstić information content (AvgIpc) is 3.31. The van der Waals surface area contributed by atoms with Crippen LogP contribution in [0.1, 0.15) is 33.7 Å². The molecule has 0 aliphatic heterocycles. The number of rotatable bonds is 4. The molecule has 1 aliphatic rings. The molecule has 0 spiro atoms. The summed E-state index contributed by atoms with van der Waals surface area (Å²) in [7, 11) is 0. The van der Waals surface area contributed by atoms with Crippen LogP contribution in [0.15, 0.2) is 30.6 Å². The van der Waals surface area contributed by atoms with Gasteiger partial charge in [-0.3, -0.25) is 4.79 Å². The molecule has 1 saturated carbocycles. The molecule has 2 aromatic rings. The zero-order valence-electron chi connectivity index (χ0n) is 10.9. The van der Waals surface area contributed by atoms with E-state index in [1.807, 2.05) is 0 Å². The Hall–Kier alpha value is -2.27. The van der Waals surface area contributed by atoms with E-state index in [2.05, 4.69) is 9.97 Å². The number of aromatic carboxylic acids is 1. The van der Waals surface area contributed by atoms with Crippen LogP contribution in [0.5, 0.6) is 0 Å². The Kier molecular flexibility index (Phi) is 3.43. The molecule has 1 aromatic carbocycles. The van der Waals surface area contributed by atoms with Gasteiger partial charge in [-0.25, -0.2) is 14.8 Å². The number of halogens is 1. The second-order valence-corrected chi connectivity index (χ2v) is 5.33. The lowest BCUT2D eigenvalue weighted by molar-refractivity contribution is 0.0690. The molecule has 0 unspecified atom stereocenters. The van der Waals surface area contributed by atoms with Gasteiger partial charge in [0.25, 0.3) is 0 Å². The van der Waals surface area contributed by atoms with Gasteiger partial charge in [-0.2, -0.15) is 0 Å². The minimum Gasteiger partial charge on any atom is -0.477 e. The SMILES string of the molecule is O=C(O)c1cc(-c2ccc(C(=O)C3CC3)c(Cl)c2)ncn1. The summed E-state index contributed by atoms with van der Waals surface area (Å²) in [5.41, 5.74) is 1.52. The number of Topliss-reactive ketones (excluding diaryl/α,β-unsaturated/α-hetero) is 1. The number of nitrogens with zero attached hydrogens (tertiary/aromatic N) is 2. The lowest BCUT2D eigenvalue weighted by Gasteiger charge is -2.06. The summed E-state index contributed by atoms with van der Waals surface area (Å²) >= 11 is 6.17. The van der Waals surface area contributed by atoms with Crippen LogP contribution in [-0.4, -0.2) is 26.8 Å². The van der Waals surface area contributed by atoms with Crippen molar-refractivity contribution in [1.82, 2.24) is 9.97 Å². The minimum atomic E-state index is -1.12. The number of hydrogen-bond acceptors (Lipinski definition) is 4. The van der Waals surface area contributed by atoms with Gasteiger partial charge in [-0.1, -0.05) is 17.7 Å². The van der Waals surface area contributed by atoms with Crippen molar-refractivity contribution in [3.05, 3.63) is 46.9 Å². The Morgan fingerprint density at radius 2 is 1.95 bits per heavy atom. The van der Waals surface area contributed by atoms with Gasteiger partial charge in [0.05, 0.1) is 10.7 Å². The molecule has 0 saturated heterocycles. The molecule has 0 radical (unpaired) electrons. The molecule has 0 amide bonds. The van der Waals surface area contributed by atoms with Crippen molar-refractivity contribution < 1.29 is 14.7 Å². The standard InChI is InChI=1S/C15H11ClN2O3/c16-11-5-9(3-4-10(11)14(19)8-1-2-8)12-6-13(15(20)21)18-7-17-12/h3-8H,1-2H2,(H,20,21). The third-order valence-electron chi connectivity index (χ3n) is 3.36. The monoisotopic (exact) mass is 302 g/mol. The second-order valence-electron chi connectivity index (χ2n) is 4.93. The van der Waals surface area contributed by atoms with Crippen molar-refractivity contribution in [3.63, 3.8) is 0 Å². The molecular formula is C15H11ClN2O3. The van der Waals surface area contributed by atoms with Crippen LogP contribution < -0.4 is 0 Å². The van der Waals surface area contributed by atoms with Crippen LogP contribution in [-0.2, 0) is 0 Å². The molecule has 1 N–H and O–H groups in total. The largest absolute Gasteiger partial charge is 0.477 e. The van der Waals surface area contributed by atoms with Crippen molar-refractivity contribution in [3.8, 4) is 11.3 Å². The van der Waals surface area contributed by atoms with Crippen LogP contribution >= 0.6 is 11.6 Å². The summed E-state index contributed by atoms with van der Waals surface area (Å²) in [6.07, 6.45) is 3.03. The van der Waals surface area contributed by atoms with Crippen molar-refractivity contribution in [1.29, 1.82) is 0 Å². The van der Waals surface area contributed by atoms with E-state index in [1.165, 1.54) is 12.4 Å². The summed E-state index contributed by atoms with van der Waals surface area (Å²) in [5.74, 6) is -0.947. The molecule has 0 atom stereocenters. The van der Waals surface area contributed by atoms with Crippen molar-refractivity contribution in [2.75, 3.05) is 0 Å². The van der Waals surface area contributed by atoms with E-state index in [9.17, 15) is 9.59 Å². The number of benzene rings is 1. The highest BCUT2D eigenvalue weighted by molar-refractivity contribution is 6.34. The Morgan fingerprint density at radius 3 is 2.57 bits per heavy atom. The van der Waals surface area contributed by atoms with E-state index >= 15 is 0 Å². The topological polar surface area (TPSA) is 80.1 Å². The maximum Gasteiger partial charge on any atom is 0.354 e. The van der Waals surface area contributed by atoms with Crippen molar-refractivity contribution in [2.45, 2.75) is 12.8 Å². The molecule has 5 nitrogen and oxygen atoms in total. The van der Waals surface area contributed by atoms with E-state index in [0.29, 0.717) is 21.8 Å². The molecule has 0 bridgehead atoms. The Bertz CT molecular complexity index is 741.